The van der Waals surface area contributed by atoms with Gasteiger partial charge in [-0.15, -0.1) is 0 Å². The first-order chi connectivity index (χ1) is 11.2. The largest absolute Gasteiger partial charge is 0.454 e. The summed E-state index contributed by atoms with van der Waals surface area (Å²) in [4.78, 5) is 20.3. The second-order valence-corrected chi connectivity index (χ2v) is 8.49. The number of benzene rings is 2. The van der Waals surface area contributed by atoms with Crippen LogP contribution in [0.15, 0.2) is 30.3 Å². The van der Waals surface area contributed by atoms with Gasteiger partial charge in [-0.2, -0.15) is 0 Å². The van der Waals surface area contributed by atoms with Crippen molar-refractivity contribution in [2.24, 2.45) is 0 Å². The van der Waals surface area contributed by atoms with Gasteiger partial charge in [-0.25, -0.2) is 0 Å². The van der Waals surface area contributed by atoms with E-state index >= 15 is 0 Å². The Balaban J connectivity index is 2.52. The van der Waals surface area contributed by atoms with Gasteiger partial charge in [-0.3, -0.25) is 14.7 Å². The molecule has 0 saturated carbocycles. The van der Waals surface area contributed by atoms with E-state index in [2.05, 4.69) is 0 Å². The molecule has 0 aromatic heterocycles. The number of ether oxygens (including phenoxy) is 1. The highest BCUT2D eigenvalue weighted by Crippen LogP contribution is 2.44. The highest BCUT2D eigenvalue weighted by Gasteiger charge is 2.29. The molecule has 0 radical (unpaired) electrons. The summed E-state index contributed by atoms with van der Waals surface area (Å²) in [6.07, 6.45) is -0.153. The fourth-order valence-electron chi connectivity index (χ4n) is 1.92. The number of halogens is 3. The smallest absolute Gasteiger partial charge is 0.282 e. The topological polar surface area (TPSA) is 89.7 Å². The van der Waals surface area contributed by atoms with Gasteiger partial charge in [0.2, 0.25) is 7.37 Å². The Morgan fingerprint density at radius 1 is 1.21 bits per heavy atom. The first-order valence-corrected chi connectivity index (χ1v) is 9.56. The second kappa shape index (κ2) is 7.30. The van der Waals surface area contributed by atoms with Gasteiger partial charge in [-0.05, 0) is 18.2 Å². The number of nitro groups is 1. The molecule has 0 spiro atoms. The Morgan fingerprint density at radius 3 is 2.29 bits per heavy atom. The lowest BCUT2D eigenvalue weighted by atomic mass is 10.3. The molecular formula is C14H11Cl3NO5P. The number of rotatable bonds is 5. The standard InChI is InChI=1S/C14H11Cl3NO5P/c1-2-24(21,22)13-7-9(3-4-12(13)18(19)20)23-14-10(16)5-8(15)6-11(14)17/h3-7H,2H2,1H3,(H,21,22). The van der Waals surface area contributed by atoms with Crippen LogP contribution in [0.25, 0.3) is 0 Å². The first-order valence-electron chi connectivity index (χ1n) is 6.59. The minimum atomic E-state index is -3.89. The van der Waals surface area contributed by atoms with E-state index in [1.165, 1.54) is 25.1 Å². The highest BCUT2D eigenvalue weighted by molar-refractivity contribution is 7.66. The zero-order valence-electron chi connectivity index (χ0n) is 12.2. The van der Waals surface area contributed by atoms with Crippen molar-refractivity contribution in [2.45, 2.75) is 6.92 Å². The number of nitrogens with zero attached hydrogens (tertiary/aromatic N) is 1. The van der Waals surface area contributed by atoms with Crippen molar-refractivity contribution in [1.29, 1.82) is 0 Å². The Kier molecular flexibility index (Phi) is 5.78. The van der Waals surface area contributed by atoms with Crippen LogP contribution in [0.4, 0.5) is 5.69 Å². The van der Waals surface area contributed by atoms with Crippen molar-refractivity contribution in [3.8, 4) is 11.5 Å². The first kappa shape index (κ1) is 19.0. The Hall–Kier alpha value is -1.30. The molecule has 2 aromatic rings. The molecule has 0 saturated heterocycles. The molecule has 6 nitrogen and oxygen atoms in total. The fraction of sp³-hybridized carbons (Fsp3) is 0.143. The van der Waals surface area contributed by atoms with E-state index in [1.807, 2.05) is 0 Å². The van der Waals surface area contributed by atoms with Crippen molar-refractivity contribution in [3.05, 3.63) is 55.5 Å². The molecule has 0 amide bonds. The summed E-state index contributed by atoms with van der Waals surface area (Å²) >= 11 is 17.8. The average molecular weight is 411 g/mol. The summed E-state index contributed by atoms with van der Waals surface area (Å²) in [6, 6.07) is 6.36. The third-order valence-electron chi connectivity index (χ3n) is 3.13. The molecule has 24 heavy (non-hydrogen) atoms. The van der Waals surface area contributed by atoms with Crippen LogP contribution in [0.1, 0.15) is 6.92 Å². The molecule has 1 atom stereocenters. The van der Waals surface area contributed by atoms with E-state index in [1.54, 1.807) is 0 Å². The predicted octanol–water partition coefficient (Wildman–Crippen LogP) is 5.26. The van der Waals surface area contributed by atoms with E-state index in [4.69, 9.17) is 39.5 Å². The normalized spacial score (nSPS) is 13.4. The van der Waals surface area contributed by atoms with Crippen molar-refractivity contribution < 1.29 is 19.1 Å². The third-order valence-corrected chi connectivity index (χ3v) is 5.88. The molecule has 0 fully saturated rings. The van der Waals surface area contributed by atoms with Crippen LogP contribution >= 0.6 is 42.2 Å². The molecular weight excluding hydrogens is 399 g/mol. The third kappa shape index (κ3) is 4.02. The van der Waals surface area contributed by atoms with Gasteiger partial charge in [0.05, 0.1) is 15.0 Å². The SMILES string of the molecule is CCP(=O)(O)c1cc(Oc2c(Cl)cc(Cl)cc2Cl)ccc1[N+](=O)[O-]. The van der Waals surface area contributed by atoms with Crippen molar-refractivity contribution in [3.63, 3.8) is 0 Å². The van der Waals surface area contributed by atoms with Gasteiger partial charge < -0.3 is 9.63 Å². The minimum absolute atomic E-state index is 0.0875. The maximum absolute atomic E-state index is 12.2. The predicted molar refractivity (Wildman–Crippen MR) is 94.6 cm³/mol. The maximum Gasteiger partial charge on any atom is 0.282 e. The van der Waals surface area contributed by atoms with Gasteiger partial charge in [-0.1, -0.05) is 41.7 Å². The van der Waals surface area contributed by atoms with Crippen LogP contribution < -0.4 is 10.0 Å². The molecule has 2 rings (SSSR count). The number of hydrogen-bond donors (Lipinski definition) is 1. The minimum Gasteiger partial charge on any atom is -0.454 e. The molecule has 0 aliphatic carbocycles. The van der Waals surface area contributed by atoms with E-state index in [-0.39, 0.29) is 33.0 Å². The summed E-state index contributed by atoms with van der Waals surface area (Å²) in [5.74, 6) is 0.177. The lowest BCUT2D eigenvalue weighted by Crippen LogP contribution is -2.12. The van der Waals surface area contributed by atoms with Crippen LogP contribution in [0, 0.1) is 10.1 Å². The van der Waals surface area contributed by atoms with Crippen molar-refractivity contribution >= 4 is 53.2 Å². The summed E-state index contributed by atoms with van der Waals surface area (Å²) < 4.78 is 17.8. The summed E-state index contributed by atoms with van der Waals surface area (Å²) in [7, 11) is -3.89. The van der Waals surface area contributed by atoms with Crippen LogP contribution in [-0.2, 0) is 4.57 Å². The van der Waals surface area contributed by atoms with Gasteiger partial charge in [0.25, 0.3) is 5.69 Å². The lowest BCUT2D eigenvalue weighted by molar-refractivity contribution is -0.383. The zero-order chi connectivity index (χ0) is 18.1. The molecule has 2 aromatic carbocycles. The van der Waals surface area contributed by atoms with Crippen LogP contribution in [0.2, 0.25) is 15.1 Å². The van der Waals surface area contributed by atoms with Gasteiger partial charge in [0.15, 0.2) is 5.75 Å². The van der Waals surface area contributed by atoms with Gasteiger partial charge in [0, 0.05) is 23.3 Å². The van der Waals surface area contributed by atoms with E-state index < -0.39 is 18.0 Å². The van der Waals surface area contributed by atoms with Crippen LogP contribution in [0.5, 0.6) is 11.5 Å². The molecule has 1 unspecified atom stereocenters. The number of hydrogen-bond acceptors (Lipinski definition) is 4. The number of nitro benzene ring substituents is 1. The highest BCUT2D eigenvalue weighted by atomic mass is 35.5. The van der Waals surface area contributed by atoms with E-state index in [0.717, 1.165) is 12.1 Å². The molecule has 10 heteroatoms. The van der Waals surface area contributed by atoms with E-state index in [0.29, 0.717) is 5.02 Å². The molecule has 0 heterocycles. The summed E-state index contributed by atoms with van der Waals surface area (Å²) in [6.45, 7) is 1.46. The maximum atomic E-state index is 12.2. The molecule has 1 N–H and O–H groups in total. The van der Waals surface area contributed by atoms with Gasteiger partial charge >= 0.3 is 0 Å². The monoisotopic (exact) mass is 409 g/mol. The Morgan fingerprint density at radius 2 is 1.79 bits per heavy atom. The lowest BCUT2D eigenvalue weighted by Gasteiger charge is -2.13. The van der Waals surface area contributed by atoms with Crippen molar-refractivity contribution in [2.75, 3.05) is 6.16 Å². The quantitative estimate of drug-likeness (QED) is 0.412. The van der Waals surface area contributed by atoms with Gasteiger partial charge in [0.1, 0.15) is 11.1 Å². The zero-order valence-corrected chi connectivity index (χ0v) is 15.4. The molecule has 0 aliphatic heterocycles. The van der Waals surface area contributed by atoms with Crippen molar-refractivity contribution in [1.82, 2.24) is 0 Å². The fourth-order valence-corrected chi connectivity index (χ4v) is 3.99. The average Bonchev–Trinajstić information content (AvgIpc) is 2.50. The molecule has 0 bridgehead atoms. The molecule has 0 aliphatic rings. The Labute approximate surface area is 152 Å². The van der Waals surface area contributed by atoms with Crippen LogP contribution in [-0.4, -0.2) is 16.0 Å². The summed E-state index contributed by atoms with van der Waals surface area (Å²) in [5, 5.41) is 11.4. The second-order valence-electron chi connectivity index (χ2n) is 4.73. The summed E-state index contributed by atoms with van der Waals surface area (Å²) in [5.41, 5.74) is -0.455. The molecule has 128 valence electrons. The Bertz CT molecular complexity index is 835. The van der Waals surface area contributed by atoms with E-state index in [9.17, 15) is 19.6 Å². The van der Waals surface area contributed by atoms with Crippen LogP contribution in [0.3, 0.4) is 0 Å².